The van der Waals surface area contributed by atoms with E-state index in [1.807, 2.05) is 24.6 Å². The molecule has 0 spiro atoms. The zero-order chi connectivity index (χ0) is 15.7. The molecule has 0 unspecified atom stereocenters. The van der Waals surface area contributed by atoms with E-state index in [0.29, 0.717) is 18.8 Å². The Kier molecular flexibility index (Phi) is 3.79. The Morgan fingerprint density at radius 2 is 2.09 bits per heavy atom. The van der Waals surface area contributed by atoms with Crippen molar-refractivity contribution in [2.45, 2.75) is 40.2 Å². The third-order valence-electron chi connectivity index (χ3n) is 3.70. The minimum absolute atomic E-state index is 0.00510. The number of hydrogen-bond acceptors (Lipinski definition) is 3. The van der Waals surface area contributed by atoms with Crippen molar-refractivity contribution in [2.24, 2.45) is 0 Å². The first-order valence-electron chi connectivity index (χ1n) is 7.70. The highest BCUT2D eigenvalue weighted by molar-refractivity contribution is 6.02. The van der Waals surface area contributed by atoms with Gasteiger partial charge in [0.1, 0.15) is 0 Å². The maximum atomic E-state index is 11.9. The van der Waals surface area contributed by atoms with Crippen LogP contribution in [0.1, 0.15) is 32.3 Å². The van der Waals surface area contributed by atoms with Crippen LogP contribution in [0.3, 0.4) is 0 Å². The van der Waals surface area contributed by atoms with Crippen LogP contribution in [0.25, 0.3) is 21.9 Å². The quantitative estimate of drug-likeness (QED) is 0.799. The van der Waals surface area contributed by atoms with Crippen molar-refractivity contribution in [3.05, 3.63) is 29.8 Å². The van der Waals surface area contributed by atoms with Crippen LogP contribution in [0, 0.1) is 6.92 Å². The molecule has 1 amide bonds. The molecule has 0 radical (unpaired) electrons. The average molecular weight is 296 g/mol. The molecule has 2 aromatic heterocycles. The molecule has 22 heavy (non-hydrogen) atoms. The highest BCUT2D eigenvalue weighted by Gasteiger charge is 2.14. The van der Waals surface area contributed by atoms with Gasteiger partial charge in [0.15, 0.2) is 11.5 Å². The lowest BCUT2D eigenvalue weighted by Gasteiger charge is -2.02. The third kappa shape index (κ3) is 2.54. The van der Waals surface area contributed by atoms with Gasteiger partial charge in [0.2, 0.25) is 5.91 Å². The van der Waals surface area contributed by atoms with Crippen LogP contribution in [0.15, 0.2) is 24.3 Å². The molecule has 5 heteroatoms. The smallest absolute Gasteiger partial charge is 0.225 e. The molecule has 1 N–H and O–H groups in total. The van der Waals surface area contributed by atoms with Crippen LogP contribution in [0.5, 0.6) is 0 Å². The molecular weight excluding hydrogens is 276 g/mol. The Morgan fingerprint density at radius 1 is 1.27 bits per heavy atom. The van der Waals surface area contributed by atoms with Gasteiger partial charge in [-0.25, -0.2) is 9.67 Å². The van der Waals surface area contributed by atoms with E-state index in [1.54, 1.807) is 0 Å². The number of fused-ring (bicyclic) bond motifs is 2. The SMILES string of the molecule is CCCC(=O)Nc1nn(CC)c2nc3ccc(C)cc3cc12. The molecule has 0 saturated heterocycles. The van der Waals surface area contributed by atoms with E-state index >= 15 is 0 Å². The highest BCUT2D eigenvalue weighted by Crippen LogP contribution is 2.26. The monoisotopic (exact) mass is 296 g/mol. The van der Waals surface area contributed by atoms with E-state index < -0.39 is 0 Å². The van der Waals surface area contributed by atoms with Crippen LogP contribution in [0.2, 0.25) is 0 Å². The van der Waals surface area contributed by atoms with Crippen LogP contribution in [0.4, 0.5) is 5.82 Å². The molecule has 2 heterocycles. The molecule has 3 aromatic rings. The van der Waals surface area contributed by atoms with Crippen LogP contribution >= 0.6 is 0 Å². The number of pyridine rings is 1. The Balaban J connectivity index is 2.17. The lowest BCUT2D eigenvalue weighted by atomic mass is 10.1. The molecular formula is C17H20N4O. The van der Waals surface area contributed by atoms with E-state index in [2.05, 4.69) is 35.5 Å². The Labute approximate surface area is 129 Å². The lowest BCUT2D eigenvalue weighted by Crippen LogP contribution is -2.11. The molecule has 0 bridgehead atoms. The van der Waals surface area contributed by atoms with E-state index in [4.69, 9.17) is 4.98 Å². The number of nitrogens with zero attached hydrogens (tertiary/aromatic N) is 3. The van der Waals surface area contributed by atoms with Crippen LogP contribution in [-0.4, -0.2) is 20.7 Å². The van der Waals surface area contributed by atoms with Crippen LogP contribution < -0.4 is 5.32 Å². The normalized spacial score (nSPS) is 11.2. The summed E-state index contributed by atoms with van der Waals surface area (Å²) in [6.45, 7) is 6.78. The van der Waals surface area contributed by atoms with Gasteiger partial charge >= 0.3 is 0 Å². The number of nitrogens with one attached hydrogen (secondary N) is 1. The van der Waals surface area contributed by atoms with Crippen molar-refractivity contribution in [3.8, 4) is 0 Å². The fourth-order valence-electron chi connectivity index (χ4n) is 2.61. The van der Waals surface area contributed by atoms with Gasteiger partial charge in [-0.2, -0.15) is 5.10 Å². The lowest BCUT2D eigenvalue weighted by molar-refractivity contribution is -0.116. The first-order chi connectivity index (χ1) is 10.6. The van der Waals surface area contributed by atoms with Gasteiger partial charge in [-0.15, -0.1) is 0 Å². The molecule has 0 saturated carbocycles. The first kappa shape index (κ1) is 14.5. The summed E-state index contributed by atoms with van der Waals surface area (Å²) in [5.41, 5.74) is 2.94. The van der Waals surface area contributed by atoms with Gasteiger partial charge in [-0.3, -0.25) is 4.79 Å². The Bertz CT molecular complexity index is 851. The number of anilines is 1. The predicted molar refractivity (Wildman–Crippen MR) is 89.0 cm³/mol. The fourth-order valence-corrected chi connectivity index (χ4v) is 2.61. The zero-order valence-electron chi connectivity index (χ0n) is 13.2. The number of carbonyl (C=O) groups is 1. The summed E-state index contributed by atoms with van der Waals surface area (Å²) in [7, 11) is 0. The molecule has 0 aliphatic heterocycles. The molecule has 0 aliphatic rings. The summed E-state index contributed by atoms with van der Waals surface area (Å²) < 4.78 is 1.83. The van der Waals surface area contributed by atoms with Crippen molar-refractivity contribution in [1.82, 2.24) is 14.8 Å². The second-order valence-electron chi connectivity index (χ2n) is 5.52. The van der Waals surface area contributed by atoms with Crippen molar-refractivity contribution in [3.63, 3.8) is 0 Å². The molecule has 0 fully saturated rings. The maximum Gasteiger partial charge on any atom is 0.225 e. The van der Waals surface area contributed by atoms with E-state index in [0.717, 1.165) is 28.4 Å². The molecule has 3 rings (SSSR count). The third-order valence-corrected chi connectivity index (χ3v) is 3.70. The summed E-state index contributed by atoms with van der Waals surface area (Å²) in [5, 5.41) is 9.36. The second-order valence-corrected chi connectivity index (χ2v) is 5.52. The average Bonchev–Trinajstić information content (AvgIpc) is 2.82. The van der Waals surface area contributed by atoms with Crippen molar-refractivity contribution in [1.29, 1.82) is 0 Å². The van der Waals surface area contributed by atoms with Crippen molar-refractivity contribution in [2.75, 3.05) is 5.32 Å². The zero-order valence-corrected chi connectivity index (χ0v) is 13.2. The van der Waals surface area contributed by atoms with Gasteiger partial charge < -0.3 is 5.32 Å². The fraction of sp³-hybridized carbons (Fsp3) is 0.353. The number of carbonyl (C=O) groups excluding carboxylic acids is 1. The van der Waals surface area contributed by atoms with E-state index in [9.17, 15) is 4.79 Å². The van der Waals surface area contributed by atoms with Gasteiger partial charge in [0.05, 0.1) is 10.9 Å². The maximum absolute atomic E-state index is 11.9. The van der Waals surface area contributed by atoms with Crippen molar-refractivity contribution < 1.29 is 4.79 Å². The minimum atomic E-state index is -0.00510. The number of aromatic nitrogens is 3. The predicted octanol–water partition coefficient (Wildman–Crippen LogP) is 3.65. The van der Waals surface area contributed by atoms with Gasteiger partial charge in [0.25, 0.3) is 0 Å². The van der Waals surface area contributed by atoms with Gasteiger partial charge in [0, 0.05) is 18.4 Å². The summed E-state index contributed by atoms with van der Waals surface area (Å²) in [4.78, 5) is 16.6. The molecule has 0 atom stereocenters. The Morgan fingerprint density at radius 3 is 2.82 bits per heavy atom. The Hall–Kier alpha value is -2.43. The molecule has 114 valence electrons. The first-order valence-corrected chi connectivity index (χ1v) is 7.70. The summed E-state index contributed by atoms with van der Waals surface area (Å²) in [6, 6.07) is 8.23. The molecule has 0 aliphatic carbocycles. The standard InChI is InChI=1S/C17H20N4O/c1-4-6-15(22)19-16-13-10-12-9-11(3)7-8-14(12)18-17(13)21(5-2)20-16/h7-10H,4-6H2,1-3H3,(H,19,20,22). The topological polar surface area (TPSA) is 59.8 Å². The molecule has 1 aromatic carbocycles. The van der Waals surface area contributed by atoms with Crippen LogP contribution in [-0.2, 0) is 11.3 Å². The number of benzene rings is 1. The number of amides is 1. The minimum Gasteiger partial charge on any atom is -0.309 e. The van der Waals surface area contributed by atoms with Gasteiger partial charge in [-0.1, -0.05) is 18.6 Å². The largest absolute Gasteiger partial charge is 0.309 e. The van der Waals surface area contributed by atoms with E-state index in [1.165, 1.54) is 5.56 Å². The number of rotatable bonds is 4. The molecule has 5 nitrogen and oxygen atoms in total. The summed E-state index contributed by atoms with van der Waals surface area (Å²) in [6.07, 6.45) is 1.32. The van der Waals surface area contributed by atoms with E-state index in [-0.39, 0.29) is 5.91 Å². The van der Waals surface area contributed by atoms with Crippen molar-refractivity contribution >= 4 is 33.7 Å². The second kappa shape index (κ2) is 5.75. The van der Waals surface area contributed by atoms with Gasteiger partial charge in [-0.05, 0) is 38.5 Å². The summed E-state index contributed by atoms with van der Waals surface area (Å²) >= 11 is 0. The summed E-state index contributed by atoms with van der Waals surface area (Å²) in [5.74, 6) is 0.598. The highest BCUT2D eigenvalue weighted by atomic mass is 16.1. The number of hydrogen-bond donors (Lipinski definition) is 1. The number of aryl methyl sites for hydroxylation is 2.